The van der Waals surface area contributed by atoms with Gasteiger partial charge in [-0.05, 0) is 64.5 Å². The number of benzene rings is 1. The molecule has 2 atom stereocenters. The molecule has 160 valence electrons. The summed E-state index contributed by atoms with van der Waals surface area (Å²) in [5.74, 6) is -0.346. The smallest absolute Gasteiger partial charge is 0.323 e. The molecule has 6 nitrogen and oxygen atoms in total. The zero-order valence-electron chi connectivity index (χ0n) is 16.9. The molecule has 0 radical (unpaired) electrons. The fourth-order valence-electron chi connectivity index (χ4n) is 4.06. The van der Waals surface area contributed by atoms with Crippen LogP contribution in [0, 0.1) is 5.92 Å². The number of nitrogens with zero attached hydrogens (tertiary/aromatic N) is 3. The van der Waals surface area contributed by atoms with E-state index in [1.165, 1.54) is 11.0 Å². The minimum atomic E-state index is -4.52. The van der Waals surface area contributed by atoms with Crippen LogP contribution in [0.1, 0.15) is 25.3 Å². The zero-order valence-corrected chi connectivity index (χ0v) is 16.9. The molecule has 3 rings (SSSR count). The molecule has 0 aromatic heterocycles. The van der Waals surface area contributed by atoms with Gasteiger partial charge in [-0.1, -0.05) is 0 Å². The largest absolute Gasteiger partial charge is 0.416 e. The first-order chi connectivity index (χ1) is 13.6. The lowest BCUT2D eigenvalue weighted by molar-refractivity contribution is -0.137. The van der Waals surface area contributed by atoms with Crippen LogP contribution in [-0.4, -0.2) is 67.9 Å². The quantitative estimate of drug-likeness (QED) is 0.826. The van der Waals surface area contributed by atoms with Crippen molar-refractivity contribution in [1.29, 1.82) is 0 Å². The van der Waals surface area contributed by atoms with Gasteiger partial charge in [-0.2, -0.15) is 13.2 Å². The average molecular weight is 412 g/mol. The van der Waals surface area contributed by atoms with E-state index in [-0.39, 0.29) is 18.1 Å². The number of anilines is 2. The average Bonchev–Trinajstić information content (AvgIpc) is 2.64. The number of alkyl halides is 3. The highest BCUT2D eigenvalue weighted by molar-refractivity contribution is 6.11. The van der Waals surface area contributed by atoms with Crippen LogP contribution in [0.2, 0.25) is 0 Å². The molecular formula is C20H27F3N4O2. The third kappa shape index (κ3) is 4.90. The lowest BCUT2D eigenvalue weighted by Gasteiger charge is -2.37. The van der Waals surface area contributed by atoms with E-state index in [4.69, 9.17) is 0 Å². The van der Waals surface area contributed by atoms with Crippen molar-refractivity contribution in [3.05, 3.63) is 23.8 Å². The molecule has 2 amide bonds. The van der Waals surface area contributed by atoms with Gasteiger partial charge in [-0.15, -0.1) is 0 Å². The Morgan fingerprint density at radius 2 is 2.10 bits per heavy atom. The van der Waals surface area contributed by atoms with E-state index in [1.807, 2.05) is 11.9 Å². The van der Waals surface area contributed by atoms with Gasteiger partial charge >= 0.3 is 6.18 Å². The van der Waals surface area contributed by atoms with E-state index >= 15 is 0 Å². The summed E-state index contributed by atoms with van der Waals surface area (Å²) in [6.45, 7) is 4.36. The monoisotopic (exact) mass is 412 g/mol. The first-order valence-corrected chi connectivity index (χ1v) is 9.77. The molecular weight excluding hydrogens is 385 g/mol. The lowest BCUT2D eigenvalue weighted by atomic mass is 9.97. The number of carbonyl (C=O) groups excluding carboxylic acids is 2. The van der Waals surface area contributed by atoms with Crippen LogP contribution < -0.4 is 10.2 Å². The van der Waals surface area contributed by atoms with E-state index in [0.717, 1.165) is 44.6 Å². The molecule has 1 aromatic rings. The first-order valence-electron chi connectivity index (χ1n) is 9.77. The zero-order chi connectivity index (χ0) is 21.3. The van der Waals surface area contributed by atoms with Crippen molar-refractivity contribution in [3.8, 4) is 0 Å². The van der Waals surface area contributed by atoms with Crippen LogP contribution in [-0.2, 0) is 15.8 Å². The molecule has 0 spiro atoms. The minimum absolute atomic E-state index is 0.00758. The summed E-state index contributed by atoms with van der Waals surface area (Å²) in [7, 11) is 3.95. The Balaban J connectivity index is 1.75. The Morgan fingerprint density at radius 1 is 1.38 bits per heavy atom. The number of hydrogen-bond donors (Lipinski definition) is 1. The van der Waals surface area contributed by atoms with Crippen molar-refractivity contribution >= 4 is 23.2 Å². The molecule has 2 heterocycles. The standard InChI is InChI=1S/C20H27F3N4O2/c1-13(26(3)11-14-5-4-8-25(2)10-14)19(29)27-12-18(28)24-16-9-15(20(21,22)23)6-7-17(16)27/h6-7,9,13-14H,4-5,8,10-12H2,1-3H3,(H,24,28). The van der Waals surface area contributed by atoms with Crippen LogP contribution in [0.3, 0.4) is 0 Å². The molecule has 1 N–H and O–H groups in total. The maximum absolute atomic E-state index is 13.1. The summed E-state index contributed by atoms with van der Waals surface area (Å²) < 4.78 is 39.0. The Hall–Kier alpha value is -2.13. The summed E-state index contributed by atoms with van der Waals surface area (Å²) in [5.41, 5.74) is -0.564. The Bertz CT molecular complexity index is 783. The Kier molecular flexibility index (Phi) is 6.19. The molecule has 0 bridgehead atoms. The number of piperidine rings is 1. The van der Waals surface area contributed by atoms with Crippen LogP contribution in [0.25, 0.3) is 0 Å². The predicted molar refractivity (Wildman–Crippen MR) is 105 cm³/mol. The number of hydrogen-bond acceptors (Lipinski definition) is 4. The van der Waals surface area contributed by atoms with Crippen LogP contribution in [0.4, 0.5) is 24.5 Å². The van der Waals surface area contributed by atoms with E-state index in [9.17, 15) is 22.8 Å². The molecule has 9 heteroatoms. The van der Waals surface area contributed by atoms with Gasteiger partial charge in [0.1, 0.15) is 6.54 Å². The van der Waals surface area contributed by atoms with Gasteiger partial charge in [-0.3, -0.25) is 19.4 Å². The Labute approximate surface area is 168 Å². The van der Waals surface area contributed by atoms with E-state index in [2.05, 4.69) is 17.3 Å². The number of halogens is 3. The van der Waals surface area contributed by atoms with E-state index in [1.54, 1.807) is 6.92 Å². The van der Waals surface area contributed by atoms with Gasteiger partial charge in [0.25, 0.3) is 0 Å². The van der Waals surface area contributed by atoms with Gasteiger partial charge in [0.15, 0.2) is 0 Å². The summed E-state index contributed by atoms with van der Waals surface area (Å²) in [5, 5.41) is 2.44. The summed E-state index contributed by atoms with van der Waals surface area (Å²) in [6.07, 6.45) is -2.30. The lowest BCUT2D eigenvalue weighted by Crippen LogP contribution is -2.51. The maximum atomic E-state index is 13.1. The molecule has 29 heavy (non-hydrogen) atoms. The topological polar surface area (TPSA) is 55.9 Å². The van der Waals surface area contributed by atoms with Crippen molar-refractivity contribution in [1.82, 2.24) is 9.80 Å². The molecule has 1 fully saturated rings. The summed E-state index contributed by atoms with van der Waals surface area (Å²) >= 11 is 0. The fourth-order valence-corrected chi connectivity index (χ4v) is 4.06. The minimum Gasteiger partial charge on any atom is -0.323 e. The highest BCUT2D eigenvalue weighted by Gasteiger charge is 2.36. The molecule has 2 aliphatic heterocycles. The number of likely N-dealkylation sites (tertiary alicyclic amines) is 1. The summed E-state index contributed by atoms with van der Waals surface area (Å²) in [6, 6.07) is 2.56. The van der Waals surface area contributed by atoms with Crippen LogP contribution >= 0.6 is 0 Å². The van der Waals surface area contributed by atoms with Gasteiger partial charge < -0.3 is 10.2 Å². The van der Waals surface area contributed by atoms with Crippen molar-refractivity contribution < 1.29 is 22.8 Å². The number of amides is 2. The predicted octanol–water partition coefficient (Wildman–Crippen LogP) is 2.65. The normalized spacial score (nSPS) is 21.7. The van der Waals surface area contributed by atoms with Crippen LogP contribution in [0.15, 0.2) is 18.2 Å². The first kappa shape index (κ1) is 21.6. The van der Waals surface area contributed by atoms with E-state index < -0.39 is 23.7 Å². The second kappa shape index (κ2) is 8.31. The Morgan fingerprint density at radius 3 is 2.76 bits per heavy atom. The van der Waals surface area contributed by atoms with Gasteiger partial charge in [0.2, 0.25) is 11.8 Å². The van der Waals surface area contributed by atoms with Crippen molar-refractivity contribution in [3.63, 3.8) is 0 Å². The molecule has 2 unspecified atom stereocenters. The maximum Gasteiger partial charge on any atom is 0.416 e. The van der Waals surface area contributed by atoms with E-state index in [0.29, 0.717) is 11.6 Å². The molecule has 0 saturated carbocycles. The second-order valence-corrected chi connectivity index (χ2v) is 8.09. The second-order valence-electron chi connectivity index (χ2n) is 8.09. The highest BCUT2D eigenvalue weighted by atomic mass is 19.4. The number of nitrogens with one attached hydrogen (secondary N) is 1. The number of likely N-dealkylation sites (N-methyl/N-ethyl adjacent to an activating group) is 1. The van der Waals surface area contributed by atoms with Crippen molar-refractivity contribution in [2.45, 2.75) is 32.0 Å². The van der Waals surface area contributed by atoms with Crippen molar-refractivity contribution in [2.24, 2.45) is 5.92 Å². The number of fused-ring (bicyclic) bond motifs is 1. The number of rotatable bonds is 4. The SMILES string of the molecule is CC(C(=O)N1CC(=O)Nc2cc(C(F)(F)F)ccc21)N(C)CC1CCCN(C)C1. The highest BCUT2D eigenvalue weighted by Crippen LogP contribution is 2.37. The van der Waals surface area contributed by atoms with Gasteiger partial charge in [0, 0.05) is 13.1 Å². The van der Waals surface area contributed by atoms with Crippen molar-refractivity contribution in [2.75, 3.05) is 50.5 Å². The van der Waals surface area contributed by atoms with Gasteiger partial charge in [0.05, 0.1) is 23.0 Å². The molecule has 2 aliphatic rings. The fraction of sp³-hybridized carbons (Fsp3) is 0.600. The van der Waals surface area contributed by atoms with Gasteiger partial charge in [-0.25, -0.2) is 0 Å². The van der Waals surface area contributed by atoms with Crippen LogP contribution in [0.5, 0.6) is 0 Å². The third-order valence-corrected chi connectivity index (χ3v) is 5.74. The molecule has 1 saturated heterocycles. The third-order valence-electron chi connectivity index (χ3n) is 5.74. The summed E-state index contributed by atoms with van der Waals surface area (Å²) in [4.78, 5) is 30.7. The molecule has 0 aliphatic carbocycles. The number of carbonyl (C=O) groups is 2. The molecule has 1 aromatic carbocycles.